The lowest BCUT2D eigenvalue weighted by Gasteiger charge is -2.28. The number of ether oxygens (including phenoxy) is 1. The Labute approximate surface area is 124 Å². The van der Waals surface area contributed by atoms with Crippen molar-refractivity contribution in [1.29, 1.82) is 0 Å². The molecule has 1 aromatic heterocycles. The molecule has 1 saturated heterocycles. The van der Waals surface area contributed by atoms with Crippen LogP contribution >= 0.6 is 12.4 Å². The lowest BCUT2D eigenvalue weighted by atomic mass is 9.93. The first-order valence-corrected chi connectivity index (χ1v) is 6.89. The summed E-state index contributed by atoms with van der Waals surface area (Å²) in [5.74, 6) is -0.0195. The van der Waals surface area contributed by atoms with Gasteiger partial charge in [-0.15, -0.1) is 12.4 Å². The molecule has 2 heterocycles. The summed E-state index contributed by atoms with van der Waals surface area (Å²) in [5, 5.41) is 10.6. The second-order valence-electron chi connectivity index (χ2n) is 5.19. The van der Waals surface area contributed by atoms with E-state index in [0.29, 0.717) is 13.2 Å². The third-order valence-corrected chi connectivity index (χ3v) is 3.91. The highest BCUT2D eigenvalue weighted by molar-refractivity contribution is 5.85. The summed E-state index contributed by atoms with van der Waals surface area (Å²) >= 11 is 0. The molecular formula is C13H21ClN4O2. The van der Waals surface area contributed by atoms with Crippen molar-refractivity contribution in [2.75, 3.05) is 19.7 Å². The number of carbonyl (C=O) groups is 1. The van der Waals surface area contributed by atoms with Crippen LogP contribution in [0.4, 0.5) is 0 Å². The van der Waals surface area contributed by atoms with E-state index in [2.05, 4.69) is 15.7 Å². The van der Waals surface area contributed by atoms with Crippen LogP contribution in [-0.2, 0) is 23.0 Å². The van der Waals surface area contributed by atoms with Gasteiger partial charge in [-0.2, -0.15) is 5.10 Å². The van der Waals surface area contributed by atoms with Crippen molar-refractivity contribution in [2.24, 2.45) is 7.05 Å². The minimum absolute atomic E-state index is 0. The first-order chi connectivity index (χ1) is 9.25. The Morgan fingerprint density at radius 2 is 2.45 bits per heavy atom. The van der Waals surface area contributed by atoms with Gasteiger partial charge in [0, 0.05) is 31.4 Å². The summed E-state index contributed by atoms with van der Waals surface area (Å²) in [5.41, 5.74) is 2.39. The van der Waals surface area contributed by atoms with Crippen molar-refractivity contribution >= 4 is 18.3 Å². The number of hydrogen-bond donors (Lipinski definition) is 2. The molecule has 112 valence electrons. The smallest absolute Gasteiger partial charge is 0.250 e. The van der Waals surface area contributed by atoms with Crippen LogP contribution in [0, 0.1) is 0 Å². The predicted molar refractivity (Wildman–Crippen MR) is 76.9 cm³/mol. The van der Waals surface area contributed by atoms with Crippen molar-refractivity contribution in [3.8, 4) is 0 Å². The standard InChI is InChI=1S/C13H20N4O2.ClH/c1-17-11-4-2-3-10(9(11)7-15-17)16-13(18)12-8-14-5-6-19-12;/h7,10,12,14H,2-6,8H2,1H3,(H,16,18);1H. The summed E-state index contributed by atoms with van der Waals surface area (Å²) < 4.78 is 7.39. The van der Waals surface area contributed by atoms with Gasteiger partial charge in [0.1, 0.15) is 6.10 Å². The van der Waals surface area contributed by atoms with Gasteiger partial charge in [-0.25, -0.2) is 0 Å². The van der Waals surface area contributed by atoms with E-state index in [1.807, 2.05) is 17.9 Å². The zero-order valence-electron chi connectivity index (χ0n) is 11.6. The Morgan fingerprint density at radius 3 is 3.20 bits per heavy atom. The number of rotatable bonds is 2. The van der Waals surface area contributed by atoms with E-state index < -0.39 is 0 Å². The Kier molecular flexibility index (Phi) is 5.01. The van der Waals surface area contributed by atoms with Gasteiger partial charge in [0.2, 0.25) is 0 Å². The summed E-state index contributed by atoms with van der Waals surface area (Å²) in [7, 11) is 1.96. The summed E-state index contributed by atoms with van der Waals surface area (Å²) in [4.78, 5) is 12.2. The molecule has 2 N–H and O–H groups in total. The topological polar surface area (TPSA) is 68.2 Å². The highest BCUT2D eigenvalue weighted by atomic mass is 35.5. The van der Waals surface area contributed by atoms with Crippen molar-refractivity contribution < 1.29 is 9.53 Å². The molecular weight excluding hydrogens is 280 g/mol. The van der Waals surface area contributed by atoms with Gasteiger partial charge in [-0.05, 0) is 19.3 Å². The first-order valence-electron chi connectivity index (χ1n) is 6.89. The van der Waals surface area contributed by atoms with Crippen molar-refractivity contribution in [1.82, 2.24) is 20.4 Å². The second-order valence-corrected chi connectivity index (χ2v) is 5.19. The molecule has 6 nitrogen and oxygen atoms in total. The lowest BCUT2D eigenvalue weighted by molar-refractivity contribution is -0.135. The second kappa shape index (κ2) is 6.56. The average Bonchev–Trinajstić information content (AvgIpc) is 2.83. The maximum absolute atomic E-state index is 12.2. The fraction of sp³-hybridized carbons (Fsp3) is 0.692. The maximum Gasteiger partial charge on any atom is 0.250 e. The number of fused-ring (bicyclic) bond motifs is 1. The van der Waals surface area contributed by atoms with Gasteiger partial charge in [0.05, 0.1) is 18.8 Å². The van der Waals surface area contributed by atoms with Crippen LogP contribution < -0.4 is 10.6 Å². The van der Waals surface area contributed by atoms with Crippen molar-refractivity contribution in [3.05, 3.63) is 17.5 Å². The zero-order valence-corrected chi connectivity index (χ0v) is 12.4. The zero-order chi connectivity index (χ0) is 13.2. The highest BCUT2D eigenvalue weighted by Gasteiger charge is 2.28. The van der Waals surface area contributed by atoms with E-state index in [4.69, 9.17) is 4.74 Å². The maximum atomic E-state index is 12.2. The molecule has 7 heteroatoms. The van der Waals surface area contributed by atoms with Crippen LogP contribution in [-0.4, -0.2) is 41.5 Å². The van der Waals surface area contributed by atoms with E-state index in [1.54, 1.807) is 0 Å². The Bertz CT molecular complexity index is 471. The predicted octanol–water partition coefficient (Wildman–Crippen LogP) is 0.324. The van der Waals surface area contributed by atoms with Gasteiger partial charge in [-0.1, -0.05) is 0 Å². The average molecular weight is 301 g/mol. The van der Waals surface area contributed by atoms with E-state index in [9.17, 15) is 4.79 Å². The molecule has 1 aliphatic heterocycles. The number of aromatic nitrogens is 2. The molecule has 0 aromatic carbocycles. The van der Waals surface area contributed by atoms with Gasteiger partial charge in [0.15, 0.2) is 0 Å². The molecule has 2 atom stereocenters. The molecule has 1 amide bonds. The number of halogens is 1. The van der Waals surface area contributed by atoms with E-state index in [-0.39, 0.29) is 30.5 Å². The van der Waals surface area contributed by atoms with E-state index in [0.717, 1.165) is 31.4 Å². The number of hydrogen-bond acceptors (Lipinski definition) is 4. The minimum Gasteiger partial charge on any atom is -0.366 e. The monoisotopic (exact) mass is 300 g/mol. The van der Waals surface area contributed by atoms with Crippen LogP contribution in [0.2, 0.25) is 0 Å². The number of aryl methyl sites for hydroxylation is 1. The fourth-order valence-electron chi connectivity index (χ4n) is 2.85. The quantitative estimate of drug-likeness (QED) is 0.826. The van der Waals surface area contributed by atoms with E-state index in [1.165, 1.54) is 5.69 Å². The molecule has 1 fully saturated rings. The van der Waals surface area contributed by atoms with Gasteiger partial charge < -0.3 is 15.4 Å². The molecule has 20 heavy (non-hydrogen) atoms. The number of morpholine rings is 1. The van der Waals surface area contributed by atoms with Gasteiger partial charge >= 0.3 is 0 Å². The normalized spacial score (nSPS) is 25.4. The molecule has 3 rings (SSSR count). The fourth-order valence-corrected chi connectivity index (χ4v) is 2.85. The molecule has 0 spiro atoms. The number of nitrogens with one attached hydrogen (secondary N) is 2. The van der Waals surface area contributed by atoms with Crippen LogP contribution in [0.25, 0.3) is 0 Å². The van der Waals surface area contributed by atoms with Crippen LogP contribution in [0.15, 0.2) is 6.20 Å². The van der Waals surface area contributed by atoms with Crippen molar-refractivity contribution in [2.45, 2.75) is 31.4 Å². The highest BCUT2D eigenvalue weighted by Crippen LogP contribution is 2.29. The van der Waals surface area contributed by atoms with E-state index >= 15 is 0 Å². The van der Waals surface area contributed by atoms with Gasteiger partial charge in [0.25, 0.3) is 5.91 Å². The molecule has 2 unspecified atom stereocenters. The van der Waals surface area contributed by atoms with Gasteiger partial charge in [-0.3, -0.25) is 9.48 Å². The number of amides is 1. The molecule has 1 aliphatic carbocycles. The molecule has 0 radical (unpaired) electrons. The Morgan fingerprint density at radius 1 is 1.60 bits per heavy atom. The summed E-state index contributed by atoms with van der Waals surface area (Å²) in [6.45, 7) is 2.01. The SMILES string of the molecule is Cl.Cn1ncc2c1CCCC2NC(=O)C1CNCCO1. The Balaban J connectivity index is 0.00000147. The van der Waals surface area contributed by atoms with Crippen molar-refractivity contribution in [3.63, 3.8) is 0 Å². The third kappa shape index (κ3) is 2.97. The summed E-state index contributed by atoms with van der Waals surface area (Å²) in [6.07, 6.45) is 4.61. The largest absolute Gasteiger partial charge is 0.366 e. The molecule has 0 bridgehead atoms. The summed E-state index contributed by atoms with van der Waals surface area (Å²) in [6, 6.07) is 0.0791. The minimum atomic E-state index is -0.365. The number of carbonyl (C=O) groups excluding carboxylic acids is 1. The van der Waals surface area contributed by atoms with Crippen LogP contribution in [0.3, 0.4) is 0 Å². The lowest BCUT2D eigenvalue weighted by Crippen LogP contribution is -2.48. The third-order valence-electron chi connectivity index (χ3n) is 3.91. The van der Waals surface area contributed by atoms with Crippen LogP contribution in [0.5, 0.6) is 0 Å². The molecule has 1 aromatic rings. The Hall–Kier alpha value is -1.11. The first kappa shape index (κ1) is 15.3. The molecule has 0 saturated carbocycles. The van der Waals surface area contributed by atoms with Crippen LogP contribution in [0.1, 0.15) is 30.1 Å². The molecule has 2 aliphatic rings. The number of nitrogens with zero attached hydrogens (tertiary/aromatic N) is 2.